The van der Waals surface area contributed by atoms with Gasteiger partial charge in [-0.2, -0.15) is 10.4 Å². The molecule has 3 aromatic rings. The number of hydrogen-bond donors (Lipinski definition) is 0. The van der Waals surface area contributed by atoms with E-state index in [1.807, 2.05) is 21.8 Å². The van der Waals surface area contributed by atoms with Crippen LogP contribution in [0.1, 0.15) is 45.8 Å². The molecule has 0 N–H and O–H groups in total. The van der Waals surface area contributed by atoms with Gasteiger partial charge in [-0.05, 0) is 73.2 Å². The Hall–Kier alpha value is -3.39. The molecule has 2 heterocycles. The number of nitrogens with zero attached hydrogens (tertiary/aromatic N) is 4. The van der Waals surface area contributed by atoms with E-state index >= 15 is 0 Å². The van der Waals surface area contributed by atoms with Gasteiger partial charge in [0.05, 0.1) is 23.5 Å². The fourth-order valence-corrected chi connectivity index (χ4v) is 3.75. The fraction of sp³-hybridized carbons (Fsp3) is 0.261. The van der Waals surface area contributed by atoms with E-state index in [2.05, 4.69) is 42.5 Å². The average Bonchev–Trinajstić information content (AvgIpc) is 3.24. The summed E-state index contributed by atoms with van der Waals surface area (Å²) in [4.78, 5) is 14.6. The first-order chi connectivity index (χ1) is 13.6. The van der Waals surface area contributed by atoms with E-state index in [1.54, 1.807) is 24.3 Å². The zero-order valence-corrected chi connectivity index (χ0v) is 15.9. The molecule has 4 rings (SSSR count). The van der Waals surface area contributed by atoms with Crippen LogP contribution in [0.2, 0.25) is 0 Å². The summed E-state index contributed by atoms with van der Waals surface area (Å²) in [5.74, 6) is 0.460. The standard InChI is InChI=1S/C23H22N4O/c1-17-3-2-4-22(13-17)27-16-21(15-25-27)19-9-11-26(12-10-19)23(28)20-7-5-18(14-24)6-8-20/h2-8,13,15-16,19H,9-12H2,1H3. The van der Waals surface area contributed by atoms with Gasteiger partial charge in [-0.3, -0.25) is 4.79 Å². The van der Waals surface area contributed by atoms with Crippen molar-refractivity contribution in [3.8, 4) is 11.8 Å². The minimum Gasteiger partial charge on any atom is -0.339 e. The van der Waals surface area contributed by atoms with Gasteiger partial charge in [0, 0.05) is 24.8 Å². The summed E-state index contributed by atoms with van der Waals surface area (Å²) in [6.45, 7) is 3.55. The fourth-order valence-electron chi connectivity index (χ4n) is 3.75. The molecule has 140 valence electrons. The van der Waals surface area contributed by atoms with E-state index in [1.165, 1.54) is 11.1 Å². The van der Waals surface area contributed by atoms with E-state index in [0.29, 0.717) is 17.0 Å². The van der Waals surface area contributed by atoms with Crippen LogP contribution in [0.15, 0.2) is 60.9 Å². The van der Waals surface area contributed by atoms with E-state index < -0.39 is 0 Å². The molecule has 1 aliphatic rings. The zero-order valence-electron chi connectivity index (χ0n) is 15.9. The molecule has 0 atom stereocenters. The van der Waals surface area contributed by atoms with Gasteiger partial charge >= 0.3 is 0 Å². The molecule has 0 spiro atoms. The first-order valence-electron chi connectivity index (χ1n) is 9.55. The van der Waals surface area contributed by atoms with Crippen LogP contribution < -0.4 is 0 Å². The average molecular weight is 370 g/mol. The molecule has 1 aromatic heterocycles. The van der Waals surface area contributed by atoms with Crippen molar-refractivity contribution in [3.63, 3.8) is 0 Å². The monoisotopic (exact) mass is 370 g/mol. The third-order valence-corrected chi connectivity index (χ3v) is 5.38. The first kappa shape index (κ1) is 18.0. The second-order valence-corrected chi connectivity index (χ2v) is 7.31. The molecule has 28 heavy (non-hydrogen) atoms. The van der Waals surface area contributed by atoms with E-state index in [9.17, 15) is 4.79 Å². The second-order valence-electron chi connectivity index (χ2n) is 7.31. The molecule has 0 aliphatic carbocycles. The molecule has 2 aromatic carbocycles. The van der Waals surface area contributed by atoms with Gasteiger partial charge in [0.15, 0.2) is 0 Å². The molecule has 5 heteroatoms. The lowest BCUT2D eigenvalue weighted by molar-refractivity contribution is 0.0713. The normalized spacial score (nSPS) is 14.6. The number of piperidine rings is 1. The lowest BCUT2D eigenvalue weighted by Gasteiger charge is -2.31. The van der Waals surface area contributed by atoms with Crippen LogP contribution in [0.3, 0.4) is 0 Å². The van der Waals surface area contributed by atoms with Crippen molar-refractivity contribution in [3.05, 3.63) is 83.2 Å². The number of likely N-dealkylation sites (tertiary alicyclic amines) is 1. The van der Waals surface area contributed by atoms with Gasteiger partial charge in [-0.25, -0.2) is 4.68 Å². The van der Waals surface area contributed by atoms with Crippen molar-refractivity contribution in [1.29, 1.82) is 5.26 Å². The maximum absolute atomic E-state index is 12.7. The zero-order chi connectivity index (χ0) is 19.5. The van der Waals surface area contributed by atoms with Gasteiger partial charge in [0.1, 0.15) is 0 Å². The van der Waals surface area contributed by atoms with E-state index in [-0.39, 0.29) is 5.91 Å². The second kappa shape index (κ2) is 7.69. The van der Waals surface area contributed by atoms with Gasteiger partial charge in [-0.15, -0.1) is 0 Å². The van der Waals surface area contributed by atoms with Crippen LogP contribution in [0, 0.1) is 18.3 Å². The molecular weight excluding hydrogens is 348 g/mol. The summed E-state index contributed by atoms with van der Waals surface area (Å²) in [7, 11) is 0. The lowest BCUT2D eigenvalue weighted by atomic mass is 9.91. The molecular formula is C23H22N4O. The maximum Gasteiger partial charge on any atom is 0.253 e. The molecule has 1 saturated heterocycles. The third kappa shape index (κ3) is 3.67. The number of hydrogen-bond acceptors (Lipinski definition) is 3. The van der Waals surface area contributed by atoms with E-state index in [4.69, 9.17) is 5.26 Å². The van der Waals surface area contributed by atoms with Crippen LogP contribution in [-0.4, -0.2) is 33.7 Å². The van der Waals surface area contributed by atoms with Crippen molar-refractivity contribution in [2.45, 2.75) is 25.7 Å². The predicted molar refractivity (Wildman–Crippen MR) is 107 cm³/mol. The van der Waals surface area contributed by atoms with E-state index in [0.717, 1.165) is 31.6 Å². The SMILES string of the molecule is Cc1cccc(-n2cc(C3CCN(C(=O)c4ccc(C#N)cc4)CC3)cn2)c1. The summed E-state index contributed by atoms with van der Waals surface area (Å²) < 4.78 is 1.93. The Balaban J connectivity index is 1.40. The van der Waals surface area contributed by atoms with Crippen LogP contribution in [0.5, 0.6) is 0 Å². The highest BCUT2D eigenvalue weighted by molar-refractivity contribution is 5.94. The Morgan fingerprint density at radius 2 is 1.89 bits per heavy atom. The highest BCUT2D eigenvalue weighted by Crippen LogP contribution is 2.29. The maximum atomic E-state index is 12.7. The van der Waals surface area contributed by atoms with Crippen LogP contribution in [0.25, 0.3) is 5.69 Å². The Labute approximate surface area is 164 Å². The molecule has 0 saturated carbocycles. The molecule has 5 nitrogen and oxygen atoms in total. The third-order valence-electron chi connectivity index (χ3n) is 5.38. The van der Waals surface area contributed by atoms with Crippen molar-refractivity contribution in [2.24, 2.45) is 0 Å². The van der Waals surface area contributed by atoms with Crippen molar-refractivity contribution < 1.29 is 4.79 Å². The lowest BCUT2D eigenvalue weighted by Crippen LogP contribution is -2.37. The number of aromatic nitrogens is 2. The van der Waals surface area contributed by atoms with Crippen LogP contribution >= 0.6 is 0 Å². The molecule has 1 fully saturated rings. The number of carbonyl (C=O) groups excluding carboxylic acids is 1. The Morgan fingerprint density at radius 3 is 2.57 bits per heavy atom. The van der Waals surface area contributed by atoms with Crippen molar-refractivity contribution >= 4 is 5.91 Å². The highest BCUT2D eigenvalue weighted by atomic mass is 16.2. The summed E-state index contributed by atoms with van der Waals surface area (Å²) in [6.07, 6.45) is 5.92. The van der Waals surface area contributed by atoms with Gasteiger partial charge in [-0.1, -0.05) is 12.1 Å². The molecule has 0 bridgehead atoms. The number of benzene rings is 2. The molecule has 0 radical (unpaired) electrons. The van der Waals surface area contributed by atoms with Crippen molar-refractivity contribution in [1.82, 2.24) is 14.7 Å². The Kier molecular flexibility index (Phi) is 4.94. The molecule has 0 unspecified atom stereocenters. The Morgan fingerprint density at radius 1 is 1.14 bits per heavy atom. The smallest absolute Gasteiger partial charge is 0.253 e. The predicted octanol–water partition coefficient (Wildman–Crippen LogP) is 4.07. The van der Waals surface area contributed by atoms with Gasteiger partial charge in [0.2, 0.25) is 0 Å². The van der Waals surface area contributed by atoms with Gasteiger partial charge in [0.25, 0.3) is 5.91 Å². The van der Waals surface area contributed by atoms with Gasteiger partial charge < -0.3 is 4.90 Å². The quantitative estimate of drug-likeness (QED) is 0.698. The van der Waals surface area contributed by atoms with Crippen LogP contribution in [-0.2, 0) is 0 Å². The number of amides is 1. The largest absolute Gasteiger partial charge is 0.339 e. The summed E-state index contributed by atoms with van der Waals surface area (Å²) in [5, 5.41) is 13.4. The van der Waals surface area contributed by atoms with Crippen LogP contribution in [0.4, 0.5) is 0 Å². The number of aryl methyl sites for hydroxylation is 1. The highest BCUT2D eigenvalue weighted by Gasteiger charge is 2.25. The Bertz CT molecular complexity index is 1020. The number of rotatable bonds is 3. The number of carbonyl (C=O) groups is 1. The van der Waals surface area contributed by atoms with Crippen molar-refractivity contribution in [2.75, 3.05) is 13.1 Å². The summed E-state index contributed by atoms with van der Waals surface area (Å²) in [5.41, 5.74) is 4.72. The molecule has 1 aliphatic heterocycles. The summed E-state index contributed by atoms with van der Waals surface area (Å²) in [6, 6.07) is 17.2. The minimum absolute atomic E-state index is 0.0402. The molecule has 1 amide bonds. The minimum atomic E-state index is 0.0402. The summed E-state index contributed by atoms with van der Waals surface area (Å²) >= 11 is 0. The topological polar surface area (TPSA) is 61.9 Å². The first-order valence-corrected chi connectivity index (χ1v) is 9.55. The number of nitriles is 1.